The van der Waals surface area contributed by atoms with E-state index in [-0.39, 0.29) is 12.5 Å². The Morgan fingerprint density at radius 3 is 3.08 bits per heavy atom. The van der Waals surface area contributed by atoms with Crippen molar-refractivity contribution >= 4 is 5.91 Å². The van der Waals surface area contributed by atoms with Gasteiger partial charge in [-0.05, 0) is 19.0 Å². The van der Waals surface area contributed by atoms with E-state index in [1.54, 1.807) is 6.20 Å². The van der Waals surface area contributed by atoms with Crippen LogP contribution in [0, 0.1) is 0 Å². The Hall–Kier alpha value is -1.36. The second-order valence-electron chi connectivity index (χ2n) is 2.77. The van der Waals surface area contributed by atoms with Crippen LogP contribution < -0.4 is 11.1 Å². The Kier molecular flexibility index (Phi) is 3.98. The highest BCUT2D eigenvalue weighted by atomic mass is 16.1. The van der Waals surface area contributed by atoms with E-state index in [2.05, 4.69) is 10.4 Å². The van der Waals surface area contributed by atoms with E-state index in [0.717, 1.165) is 19.5 Å². The molecule has 0 atom stereocenters. The molecule has 0 fully saturated rings. The average Bonchev–Trinajstić information content (AvgIpc) is 2.55. The molecule has 3 N–H and O–H groups in total. The van der Waals surface area contributed by atoms with Gasteiger partial charge in [-0.1, -0.05) is 0 Å². The van der Waals surface area contributed by atoms with Gasteiger partial charge < -0.3 is 11.1 Å². The number of carbonyl (C=O) groups is 1. The summed E-state index contributed by atoms with van der Waals surface area (Å²) >= 11 is 0. The van der Waals surface area contributed by atoms with Crippen LogP contribution in [0.15, 0.2) is 18.5 Å². The Labute approximate surface area is 76.9 Å². The lowest BCUT2D eigenvalue weighted by atomic mass is 10.4. The Balaban J connectivity index is 1.99. The van der Waals surface area contributed by atoms with Crippen molar-refractivity contribution in [3.05, 3.63) is 18.5 Å². The molecule has 1 rings (SSSR count). The maximum absolute atomic E-state index is 10.3. The monoisotopic (exact) mass is 182 g/mol. The minimum atomic E-state index is -0.320. The third-order valence-electron chi connectivity index (χ3n) is 1.60. The number of nitrogens with zero attached hydrogens (tertiary/aromatic N) is 2. The molecule has 0 aliphatic rings. The van der Waals surface area contributed by atoms with Crippen LogP contribution in [0.3, 0.4) is 0 Å². The first-order valence-electron chi connectivity index (χ1n) is 4.25. The first-order chi connectivity index (χ1) is 6.29. The van der Waals surface area contributed by atoms with Gasteiger partial charge in [0.05, 0.1) is 6.54 Å². The molecule has 0 saturated heterocycles. The van der Waals surface area contributed by atoms with Crippen molar-refractivity contribution < 1.29 is 4.79 Å². The third kappa shape index (κ3) is 4.27. The van der Waals surface area contributed by atoms with Gasteiger partial charge in [0.1, 0.15) is 0 Å². The zero-order valence-corrected chi connectivity index (χ0v) is 7.44. The van der Waals surface area contributed by atoms with E-state index < -0.39 is 0 Å². The lowest BCUT2D eigenvalue weighted by molar-refractivity contribution is -0.117. The average molecular weight is 182 g/mol. The number of hydrogen-bond acceptors (Lipinski definition) is 3. The van der Waals surface area contributed by atoms with Gasteiger partial charge in [0.15, 0.2) is 0 Å². The molecular weight excluding hydrogens is 168 g/mol. The van der Waals surface area contributed by atoms with Crippen molar-refractivity contribution in [3.63, 3.8) is 0 Å². The molecule has 5 nitrogen and oxygen atoms in total. The van der Waals surface area contributed by atoms with Gasteiger partial charge in [0, 0.05) is 18.9 Å². The number of primary amides is 1. The molecule has 0 aliphatic heterocycles. The zero-order valence-electron chi connectivity index (χ0n) is 7.44. The fourth-order valence-corrected chi connectivity index (χ4v) is 1.01. The second-order valence-corrected chi connectivity index (χ2v) is 2.77. The molecule has 0 radical (unpaired) electrons. The van der Waals surface area contributed by atoms with Crippen molar-refractivity contribution in [3.8, 4) is 0 Å². The normalized spacial score (nSPS) is 10.2. The lowest BCUT2D eigenvalue weighted by Crippen LogP contribution is -2.29. The van der Waals surface area contributed by atoms with E-state index in [1.165, 1.54) is 0 Å². The van der Waals surface area contributed by atoms with Crippen molar-refractivity contribution in [2.24, 2.45) is 5.73 Å². The summed E-state index contributed by atoms with van der Waals surface area (Å²) in [7, 11) is 0. The first-order valence-corrected chi connectivity index (χ1v) is 4.25. The summed E-state index contributed by atoms with van der Waals surface area (Å²) in [4.78, 5) is 10.3. The molecule has 0 saturated carbocycles. The Bertz CT molecular complexity index is 245. The molecule has 13 heavy (non-hydrogen) atoms. The van der Waals surface area contributed by atoms with Gasteiger partial charge in [0.2, 0.25) is 5.91 Å². The van der Waals surface area contributed by atoms with Gasteiger partial charge in [-0.2, -0.15) is 5.10 Å². The molecule has 0 unspecified atom stereocenters. The van der Waals surface area contributed by atoms with Crippen LogP contribution in [0.25, 0.3) is 0 Å². The van der Waals surface area contributed by atoms with Gasteiger partial charge >= 0.3 is 0 Å². The molecule has 0 bridgehead atoms. The molecule has 1 heterocycles. The summed E-state index contributed by atoms with van der Waals surface area (Å²) in [5, 5.41) is 6.98. The van der Waals surface area contributed by atoms with Crippen LogP contribution in [0.2, 0.25) is 0 Å². The smallest absolute Gasteiger partial charge is 0.231 e. The molecule has 1 aromatic rings. The molecule has 0 spiro atoms. The fraction of sp³-hybridized carbons (Fsp3) is 0.500. The summed E-state index contributed by atoms with van der Waals surface area (Å²) in [5.74, 6) is -0.320. The summed E-state index contributed by atoms with van der Waals surface area (Å²) < 4.78 is 1.85. The van der Waals surface area contributed by atoms with Gasteiger partial charge in [-0.25, -0.2) is 0 Å². The van der Waals surface area contributed by atoms with Crippen molar-refractivity contribution in [2.45, 2.75) is 13.0 Å². The highest BCUT2D eigenvalue weighted by Crippen LogP contribution is 1.87. The molecule has 0 aliphatic carbocycles. The molecule has 0 aromatic carbocycles. The molecular formula is C8H14N4O. The molecule has 72 valence electrons. The van der Waals surface area contributed by atoms with E-state index in [9.17, 15) is 4.79 Å². The number of aryl methyl sites for hydroxylation is 1. The minimum absolute atomic E-state index is 0.249. The Morgan fingerprint density at radius 2 is 2.46 bits per heavy atom. The highest BCUT2D eigenvalue weighted by molar-refractivity contribution is 5.75. The van der Waals surface area contributed by atoms with E-state index in [0.29, 0.717) is 0 Å². The van der Waals surface area contributed by atoms with E-state index in [4.69, 9.17) is 5.73 Å². The van der Waals surface area contributed by atoms with Crippen molar-refractivity contribution in [2.75, 3.05) is 13.1 Å². The van der Waals surface area contributed by atoms with E-state index in [1.807, 2.05) is 16.9 Å². The molecule has 1 aromatic heterocycles. The van der Waals surface area contributed by atoms with E-state index >= 15 is 0 Å². The van der Waals surface area contributed by atoms with Crippen LogP contribution in [-0.2, 0) is 11.3 Å². The largest absolute Gasteiger partial charge is 0.369 e. The van der Waals surface area contributed by atoms with Crippen molar-refractivity contribution in [1.82, 2.24) is 15.1 Å². The number of hydrogen-bond donors (Lipinski definition) is 2. The number of nitrogens with two attached hydrogens (primary N) is 1. The second kappa shape index (κ2) is 5.31. The third-order valence-corrected chi connectivity index (χ3v) is 1.60. The maximum Gasteiger partial charge on any atom is 0.231 e. The standard InChI is InChI=1S/C8H14N4O/c9-8(13)7-10-3-1-5-12-6-2-4-11-12/h2,4,6,10H,1,3,5,7H2,(H2,9,13). The molecule has 1 amide bonds. The minimum Gasteiger partial charge on any atom is -0.369 e. The van der Waals surface area contributed by atoms with Crippen molar-refractivity contribution in [1.29, 1.82) is 0 Å². The number of carbonyl (C=O) groups excluding carboxylic acids is 1. The SMILES string of the molecule is NC(=O)CNCCCn1cccn1. The van der Waals surface area contributed by atoms with Crippen LogP contribution in [0.5, 0.6) is 0 Å². The molecule has 5 heteroatoms. The van der Waals surface area contributed by atoms with Gasteiger partial charge in [0.25, 0.3) is 0 Å². The highest BCUT2D eigenvalue weighted by Gasteiger charge is 1.93. The first kappa shape index (κ1) is 9.73. The number of rotatable bonds is 6. The van der Waals surface area contributed by atoms with Crippen LogP contribution in [0.1, 0.15) is 6.42 Å². The van der Waals surface area contributed by atoms with Gasteiger partial charge in [-0.15, -0.1) is 0 Å². The summed E-state index contributed by atoms with van der Waals surface area (Å²) in [6.07, 6.45) is 4.60. The topological polar surface area (TPSA) is 72.9 Å². The quantitative estimate of drug-likeness (QED) is 0.574. The van der Waals surface area contributed by atoms with Gasteiger partial charge in [-0.3, -0.25) is 9.48 Å². The summed E-state index contributed by atoms with van der Waals surface area (Å²) in [5.41, 5.74) is 4.95. The number of amides is 1. The van der Waals surface area contributed by atoms with Crippen LogP contribution >= 0.6 is 0 Å². The number of nitrogens with one attached hydrogen (secondary N) is 1. The predicted octanol–water partition coefficient (Wildman–Crippen LogP) is -0.652. The number of aromatic nitrogens is 2. The predicted molar refractivity (Wildman–Crippen MR) is 48.9 cm³/mol. The Morgan fingerprint density at radius 1 is 1.62 bits per heavy atom. The summed E-state index contributed by atoms with van der Waals surface area (Å²) in [6.45, 7) is 1.89. The lowest BCUT2D eigenvalue weighted by Gasteiger charge is -2.02. The summed E-state index contributed by atoms with van der Waals surface area (Å²) in [6, 6.07) is 1.89. The zero-order chi connectivity index (χ0) is 9.52. The maximum atomic E-state index is 10.3. The fourth-order valence-electron chi connectivity index (χ4n) is 1.01. The van der Waals surface area contributed by atoms with Crippen LogP contribution in [0.4, 0.5) is 0 Å². The van der Waals surface area contributed by atoms with Crippen LogP contribution in [-0.4, -0.2) is 28.8 Å².